The second-order valence-electron chi connectivity index (χ2n) is 6.22. The molecule has 4 aromatic rings. The predicted octanol–water partition coefficient (Wildman–Crippen LogP) is 3.67. The standard InChI is InChI=1S/C20H19N5OS/c1-14-11-17(15(2)25(14)20-22-8-10-27-20)19(26)23-12-16-5-3-4-6-18(16)24-9-7-21-13-24/h3-11,13H,12H2,1-2H3,(H,23,26). The zero-order chi connectivity index (χ0) is 18.8. The Kier molecular flexibility index (Phi) is 4.60. The average molecular weight is 377 g/mol. The van der Waals surface area contributed by atoms with Crippen LogP contribution in [0.5, 0.6) is 0 Å². The van der Waals surface area contributed by atoms with Crippen molar-refractivity contribution in [3.05, 3.63) is 83.1 Å². The molecule has 0 saturated heterocycles. The highest BCUT2D eigenvalue weighted by Gasteiger charge is 2.18. The lowest BCUT2D eigenvalue weighted by atomic mass is 10.1. The van der Waals surface area contributed by atoms with Crippen LogP contribution < -0.4 is 5.32 Å². The Labute approximate surface area is 161 Å². The zero-order valence-corrected chi connectivity index (χ0v) is 15.9. The normalized spacial score (nSPS) is 10.9. The van der Waals surface area contributed by atoms with Crippen LogP contribution in [-0.4, -0.2) is 25.0 Å². The third-order valence-electron chi connectivity index (χ3n) is 4.50. The number of thiazole rings is 1. The lowest BCUT2D eigenvalue weighted by molar-refractivity contribution is 0.0950. The van der Waals surface area contributed by atoms with E-state index in [1.165, 1.54) is 0 Å². The number of hydrogen-bond acceptors (Lipinski definition) is 4. The number of hydrogen-bond donors (Lipinski definition) is 1. The Hall–Kier alpha value is -3.19. The van der Waals surface area contributed by atoms with Gasteiger partial charge < -0.3 is 9.88 Å². The van der Waals surface area contributed by atoms with Crippen LogP contribution in [0.15, 0.2) is 60.6 Å². The first kappa shape index (κ1) is 17.2. The van der Waals surface area contributed by atoms with Gasteiger partial charge >= 0.3 is 0 Å². The van der Waals surface area contributed by atoms with Crippen molar-refractivity contribution in [1.82, 2.24) is 24.4 Å². The summed E-state index contributed by atoms with van der Waals surface area (Å²) in [6, 6.07) is 9.87. The molecule has 3 heterocycles. The van der Waals surface area contributed by atoms with E-state index in [-0.39, 0.29) is 5.91 Å². The minimum atomic E-state index is -0.0914. The number of carbonyl (C=O) groups excluding carboxylic acids is 1. The summed E-state index contributed by atoms with van der Waals surface area (Å²) in [5, 5.41) is 5.84. The van der Waals surface area contributed by atoms with Gasteiger partial charge in [0.25, 0.3) is 5.91 Å². The molecule has 1 amide bonds. The van der Waals surface area contributed by atoms with E-state index in [4.69, 9.17) is 0 Å². The fourth-order valence-corrected chi connectivity index (χ4v) is 3.95. The molecule has 1 N–H and O–H groups in total. The third-order valence-corrected chi connectivity index (χ3v) is 5.26. The summed E-state index contributed by atoms with van der Waals surface area (Å²) in [5.74, 6) is -0.0914. The number of imidazole rings is 1. The number of rotatable bonds is 5. The number of amides is 1. The molecule has 0 unspecified atom stereocenters. The van der Waals surface area contributed by atoms with Crippen molar-refractivity contribution < 1.29 is 4.79 Å². The fourth-order valence-electron chi connectivity index (χ4n) is 3.20. The number of nitrogens with zero attached hydrogens (tertiary/aromatic N) is 4. The van der Waals surface area contributed by atoms with E-state index in [0.29, 0.717) is 12.1 Å². The van der Waals surface area contributed by atoms with Crippen LogP contribution >= 0.6 is 11.3 Å². The van der Waals surface area contributed by atoms with E-state index >= 15 is 0 Å². The maximum atomic E-state index is 12.8. The zero-order valence-electron chi connectivity index (χ0n) is 15.1. The molecule has 136 valence electrons. The molecule has 0 fully saturated rings. The van der Waals surface area contributed by atoms with E-state index in [1.807, 2.05) is 64.9 Å². The van der Waals surface area contributed by atoms with Crippen LogP contribution in [0.25, 0.3) is 10.8 Å². The topological polar surface area (TPSA) is 64.7 Å². The minimum absolute atomic E-state index is 0.0914. The number of aryl methyl sites for hydroxylation is 1. The molecule has 0 bridgehead atoms. The summed E-state index contributed by atoms with van der Waals surface area (Å²) in [4.78, 5) is 21.3. The molecule has 0 aliphatic heterocycles. The Morgan fingerprint density at radius 2 is 2.07 bits per heavy atom. The Morgan fingerprint density at radius 3 is 2.81 bits per heavy atom. The predicted molar refractivity (Wildman–Crippen MR) is 106 cm³/mol. The van der Waals surface area contributed by atoms with Gasteiger partial charge in [0, 0.05) is 41.9 Å². The van der Waals surface area contributed by atoms with Gasteiger partial charge in [0.05, 0.1) is 17.6 Å². The minimum Gasteiger partial charge on any atom is -0.348 e. The molecular weight excluding hydrogens is 358 g/mol. The fraction of sp³-hybridized carbons (Fsp3) is 0.150. The van der Waals surface area contributed by atoms with Crippen LogP contribution in [0.4, 0.5) is 0 Å². The van der Waals surface area contributed by atoms with Crippen molar-refractivity contribution in [1.29, 1.82) is 0 Å². The molecular formula is C20H19N5OS. The lowest BCUT2D eigenvalue weighted by Gasteiger charge is -2.11. The first-order chi connectivity index (χ1) is 13.1. The molecule has 6 nitrogen and oxygen atoms in total. The summed E-state index contributed by atoms with van der Waals surface area (Å²) in [6.45, 7) is 4.37. The molecule has 0 radical (unpaired) electrons. The number of nitrogens with one attached hydrogen (secondary N) is 1. The van der Waals surface area contributed by atoms with Crippen molar-refractivity contribution in [3.63, 3.8) is 0 Å². The molecule has 3 aromatic heterocycles. The SMILES string of the molecule is Cc1cc(C(=O)NCc2ccccc2-n2ccnc2)c(C)n1-c1nccs1. The monoisotopic (exact) mass is 377 g/mol. The van der Waals surface area contributed by atoms with E-state index in [0.717, 1.165) is 27.8 Å². The Bertz CT molecular complexity index is 1060. The number of aromatic nitrogens is 4. The highest BCUT2D eigenvalue weighted by atomic mass is 32.1. The highest BCUT2D eigenvalue weighted by Crippen LogP contribution is 2.22. The molecule has 0 saturated carbocycles. The summed E-state index contributed by atoms with van der Waals surface area (Å²) >= 11 is 1.55. The van der Waals surface area contributed by atoms with Crippen molar-refractivity contribution in [2.24, 2.45) is 0 Å². The van der Waals surface area contributed by atoms with Crippen molar-refractivity contribution >= 4 is 17.2 Å². The van der Waals surface area contributed by atoms with Crippen LogP contribution in [-0.2, 0) is 6.54 Å². The molecule has 1 aromatic carbocycles. The first-order valence-corrected chi connectivity index (χ1v) is 9.46. The van der Waals surface area contributed by atoms with Crippen LogP contribution in [0.2, 0.25) is 0 Å². The van der Waals surface area contributed by atoms with Gasteiger partial charge in [0.2, 0.25) is 0 Å². The van der Waals surface area contributed by atoms with Crippen molar-refractivity contribution in [3.8, 4) is 10.8 Å². The van der Waals surface area contributed by atoms with Gasteiger partial charge in [-0.15, -0.1) is 11.3 Å². The second-order valence-corrected chi connectivity index (χ2v) is 7.09. The summed E-state index contributed by atoms with van der Waals surface area (Å²) in [7, 11) is 0. The van der Waals surface area contributed by atoms with Gasteiger partial charge in [-0.3, -0.25) is 9.36 Å². The second kappa shape index (κ2) is 7.20. The van der Waals surface area contributed by atoms with Crippen LogP contribution in [0, 0.1) is 13.8 Å². The van der Waals surface area contributed by atoms with Crippen LogP contribution in [0.1, 0.15) is 27.3 Å². The largest absolute Gasteiger partial charge is 0.348 e. The van der Waals surface area contributed by atoms with Gasteiger partial charge in [0.1, 0.15) is 0 Å². The molecule has 4 rings (SSSR count). The Morgan fingerprint density at radius 1 is 1.22 bits per heavy atom. The molecule has 0 aliphatic carbocycles. The summed E-state index contributed by atoms with van der Waals surface area (Å²) in [6.07, 6.45) is 7.15. The van der Waals surface area contributed by atoms with Crippen LogP contribution in [0.3, 0.4) is 0 Å². The quantitative estimate of drug-likeness (QED) is 0.577. The lowest BCUT2D eigenvalue weighted by Crippen LogP contribution is -2.24. The molecule has 27 heavy (non-hydrogen) atoms. The Balaban J connectivity index is 1.56. The average Bonchev–Trinajstić information content (AvgIpc) is 3.42. The number of para-hydroxylation sites is 1. The van der Waals surface area contributed by atoms with E-state index in [1.54, 1.807) is 30.1 Å². The molecule has 0 spiro atoms. The summed E-state index contributed by atoms with van der Waals surface area (Å²) < 4.78 is 3.95. The highest BCUT2D eigenvalue weighted by molar-refractivity contribution is 7.12. The first-order valence-electron chi connectivity index (χ1n) is 8.58. The van der Waals surface area contributed by atoms with Gasteiger partial charge in [-0.2, -0.15) is 0 Å². The van der Waals surface area contributed by atoms with E-state index in [9.17, 15) is 4.79 Å². The smallest absolute Gasteiger partial charge is 0.253 e. The van der Waals surface area contributed by atoms with Crippen molar-refractivity contribution in [2.45, 2.75) is 20.4 Å². The van der Waals surface area contributed by atoms with Gasteiger partial charge in [0.15, 0.2) is 5.13 Å². The molecule has 0 atom stereocenters. The van der Waals surface area contributed by atoms with Gasteiger partial charge in [-0.05, 0) is 31.5 Å². The van der Waals surface area contributed by atoms with E-state index in [2.05, 4.69) is 15.3 Å². The molecule has 7 heteroatoms. The number of carbonyl (C=O) groups is 1. The van der Waals surface area contributed by atoms with Gasteiger partial charge in [-0.1, -0.05) is 18.2 Å². The van der Waals surface area contributed by atoms with Gasteiger partial charge in [-0.25, -0.2) is 9.97 Å². The third kappa shape index (κ3) is 3.29. The van der Waals surface area contributed by atoms with E-state index < -0.39 is 0 Å². The number of benzene rings is 1. The van der Waals surface area contributed by atoms with Crippen molar-refractivity contribution in [2.75, 3.05) is 0 Å². The molecule has 0 aliphatic rings. The maximum absolute atomic E-state index is 12.8. The summed E-state index contributed by atoms with van der Waals surface area (Å²) in [5.41, 5.74) is 4.58. The maximum Gasteiger partial charge on any atom is 0.253 e.